The summed E-state index contributed by atoms with van der Waals surface area (Å²) >= 11 is 1.38. The first-order valence-electron chi connectivity index (χ1n) is 5.89. The van der Waals surface area contributed by atoms with E-state index in [0.29, 0.717) is 0 Å². The van der Waals surface area contributed by atoms with Gasteiger partial charge in [-0.1, -0.05) is 0 Å². The molecule has 0 aromatic carbocycles. The van der Waals surface area contributed by atoms with Crippen molar-refractivity contribution in [3.05, 3.63) is 0 Å². The summed E-state index contributed by atoms with van der Waals surface area (Å²) in [5.74, 6) is -0.308. The van der Waals surface area contributed by atoms with Gasteiger partial charge in [0.1, 0.15) is 6.61 Å². The molecule has 0 aliphatic carbocycles. The van der Waals surface area contributed by atoms with Gasteiger partial charge in [0.15, 0.2) is 0 Å². The normalized spacial score (nSPS) is 18.8. The van der Waals surface area contributed by atoms with E-state index in [2.05, 4.69) is 5.32 Å². The highest BCUT2D eigenvalue weighted by Crippen LogP contribution is 2.22. The molecule has 1 unspecified atom stereocenters. The van der Waals surface area contributed by atoms with Crippen molar-refractivity contribution in [3.8, 4) is 0 Å². The molecule has 0 radical (unpaired) electrons. The number of nitrogens with one attached hydrogen (secondary N) is 1. The lowest BCUT2D eigenvalue weighted by molar-refractivity contribution is -0.139. The fourth-order valence-corrected chi connectivity index (χ4v) is 2.23. The van der Waals surface area contributed by atoms with Crippen molar-refractivity contribution in [2.24, 2.45) is 0 Å². The lowest BCUT2D eigenvalue weighted by Gasteiger charge is -2.14. The van der Waals surface area contributed by atoms with Crippen molar-refractivity contribution in [3.63, 3.8) is 0 Å². The van der Waals surface area contributed by atoms with Crippen molar-refractivity contribution in [2.75, 3.05) is 39.7 Å². The van der Waals surface area contributed by atoms with Crippen molar-refractivity contribution in [2.45, 2.75) is 11.7 Å². The molecule has 1 atom stereocenters. The number of ether oxygens (including phenoxy) is 2. The van der Waals surface area contributed by atoms with E-state index in [1.165, 1.54) is 23.7 Å². The first kappa shape index (κ1) is 15.8. The average molecular weight is 290 g/mol. The third-order valence-electron chi connectivity index (χ3n) is 2.61. The van der Waals surface area contributed by atoms with E-state index in [0.717, 1.165) is 0 Å². The predicted octanol–water partition coefficient (Wildman–Crippen LogP) is -0.150. The van der Waals surface area contributed by atoms with Gasteiger partial charge in [-0.2, -0.15) is 11.8 Å². The lowest BCUT2D eigenvalue weighted by Crippen LogP contribution is -2.34. The van der Waals surface area contributed by atoms with Gasteiger partial charge in [0.05, 0.1) is 25.0 Å². The fraction of sp³-hybridized carbons (Fsp3) is 0.727. The minimum atomic E-state index is -0.517. The third kappa shape index (κ3) is 4.71. The van der Waals surface area contributed by atoms with Gasteiger partial charge in [0, 0.05) is 13.5 Å². The number of imide groups is 1. The van der Waals surface area contributed by atoms with Crippen LogP contribution >= 0.6 is 11.8 Å². The molecule has 8 heteroatoms. The molecule has 0 saturated carbocycles. The molecule has 1 rings (SSSR count). The number of alkyl carbamates (subject to hydrolysis) is 1. The van der Waals surface area contributed by atoms with Gasteiger partial charge in [-0.3, -0.25) is 14.5 Å². The quantitative estimate of drug-likeness (QED) is 0.518. The molecule has 1 heterocycles. The first-order chi connectivity index (χ1) is 9.10. The molecule has 0 aromatic rings. The Morgan fingerprint density at radius 3 is 2.74 bits per heavy atom. The van der Waals surface area contributed by atoms with Gasteiger partial charge in [0.25, 0.3) is 0 Å². The third-order valence-corrected chi connectivity index (χ3v) is 3.55. The van der Waals surface area contributed by atoms with Crippen LogP contribution in [0.2, 0.25) is 0 Å². The summed E-state index contributed by atoms with van der Waals surface area (Å²) in [5.41, 5.74) is 0. The maximum atomic E-state index is 11.7. The number of hydrogen-bond acceptors (Lipinski definition) is 6. The summed E-state index contributed by atoms with van der Waals surface area (Å²) in [6, 6.07) is 0. The zero-order valence-corrected chi connectivity index (χ0v) is 11.8. The summed E-state index contributed by atoms with van der Waals surface area (Å²) in [6.45, 7) is 0.856. The predicted molar refractivity (Wildman–Crippen MR) is 69.9 cm³/mol. The van der Waals surface area contributed by atoms with E-state index in [4.69, 9.17) is 9.47 Å². The SMILES string of the molecule is CNC(=O)OCCOCCN1C(=O)CC(SC)C1=O. The van der Waals surface area contributed by atoms with E-state index in [1.54, 1.807) is 0 Å². The Morgan fingerprint density at radius 1 is 1.42 bits per heavy atom. The van der Waals surface area contributed by atoms with Crippen molar-refractivity contribution >= 4 is 29.7 Å². The first-order valence-corrected chi connectivity index (χ1v) is 7.18. The molecule has 108 valence electrons. The molecule has 0 bridgehead atoms. The molecular formula is C11H18N2O5S. The van der Waals surface area contributed by atoms with Gasteiger partial charge in [-0.05, 0) is 6.26 Å². The van der Waals surface area contributed by atoms with E-state index in [9.17, 15) is 14.4 Å². The molecule has 1 aliphatic heterocycles. The number of amides is 3. The highest BCUT2D eigenvalue weighted by molar-refractivity contribution is 8.00. The standard InChI is InChI=1S/C11H18N2O5S/c1-12-11(16)18-6-5-17-4-3-13-9(14)7-8(19-2)10(13)15/h8H,3-7H2,1-2H3,(H,12,16). The van der Waals surface area contributed by atoms with Gasteiger partial charge in [-0.25, -0.2) is 4.79 Å². The van der Waals surface area contributed by atoms with E-state index >= 15 is 0 Å². The highest BCUT2D eigenvalue weighted by atomic mass is 32.2. The molecule has 19 heavy (non-hydrogen) atoms. The maximum absolute atomic E-state index is 11.7. The number of carbonyl (C=O) groups is 3. The van der Waals surface area contributed by atoms with Crippen molar-refractivity contribution in [1.82, 2.24) is 10.2 Å². The van der Waals surface area contributed by atoms with Crippen LogP contribution in [0.3, 0.4) is 0 Å². The van der Waals surface area contributed by atoms with Crippen LogP contribution in [0, 0.1) is 0 Å². The molecule has 1 aliphatic rings. The second-order valence-corrected chi connectivity index (χ2v) is 4.85. The Hall–Kier alpha value is -1.28. The van der Waals surface area contributed by atoms with Crippen LogP contribution in [-0.4, -0.2) is 67.7 Å². The van der Waals surface area contributed by atoms with Crippen LogP contribution in [0.1, 0.15) is 6.42 Å². The maximum Gasteiger partial charge on any atom is 0.406 e. The Morgan fingerprint density at radius 2 is 2.16 bits per heavy atom. The Kier molecular flexibility index (Phi) is 6.65. The molecular weight excluding hydrogens is 272 g/mol. The van der Waals surface area contributed by atoms with Gasteiger partial charge >= 0.3 is 6.09 Å². The number of rotatable bonds is 7. The monoisotopic (exact) mass is 290 g/mol. The molecule has 3 amide bonds. The average Bonchev–Trinajstić information content (AvgIpc) is 2.68. The molecule has 1 N–H and O–H groups in total. The van der Waals surface area contributed by atoms with Crippen LogP contribution < -0.4 is 5.32 Å². The summed E-state index contributed by atoms with van der Waals surface area (Å²) < 4.78 is 9.91. The van der Waals surface area contributed by atoms with Crippen LogP contribution in [-0.2, 0) is 19.1 Å². The Labute approximate surface area is 116 Å². The number of likely N-dealkylation sites (tertiary alicyclic amines) is 1. The number of carbonyl (C=O) groups excluding carboxylic acids is 3. The second-order valence-electron chi connectivity index (χ2n) is 3.81. The minimum Gasteiger partial charge on any atom is -0.447 e. The van der Waals surface area contributed by atoms with Gasteiger partial charge in [0.2, 0.25) is 11.8 Å². The summed E-state index contributed by atoms with van der Waals surface area (Å²) in [5, 5.41) is 2.05. The Bertz CT molecular complexity index is 350. The van der Waals surface area contributed by atoms with Crippen LogP contribution in [0.4, 0.5) is 4.79 Å². The summed E-state index contributed by atoms with van der Waals surface area (Å²) in [6.07, 6.45) is 1.56. The highest BCUT2D eigenvalue weighted by Gasteiger charge is 2.37. The second kappa shape index (κ2) is 8.00. The van der Waals surface area contributed by atoms with E-state index < -0.39 is 6.09 Å². The van der Waals surface area contributed by atoms with Crippen molar-refractivity contribution < 1.29 is 23.9 Å². The molecule has 1 fully saturated rings. The number of nitrogens with zero attached hydrogens (tertiary/aromatic N) is 1. The van der Waals surface area contributed by atoms with Gasteiger partial charge < -0.3 is 14.8 Å². The minimum absolute atomic E-state index is 0.134. The lowest BCUT2D eigenvalue weighted by atomic mass is 10.4. The van der Waals surface area contributed by atoms with Crippen molar-refractivity contribution in [1.29, 1.82) is 0 Å². The Balaban J connectivity index is 2.14. The summed E-state index contributed by atoms with van der Waals surface area (Å²) in [4.78, 5) is 35.2. The van der Waals surface area contributed by atoms with E-state index in [-0.39, 0.29) is 49.9 Å². The summed E-state index contributed by atoms with van der Waals surface area (Å²) in [7, 11) is 1.47. The molecule has 0 aromatic heterocycles. The largest absolute Gasteiger partial charge is 0.447 e. The molecule has 1 saturated heterocycles. The van der Waals surface area contributed by atoms with Crippen LogP contribution in [0.25, 0.3) is 0 Å². The smallest absolute Gasteiger partial charge is 0.406 e. The zero-order chi connectivity index (χ0) is 14.3. The van der Waals surface area contributed by atoms with Crippen LogP contribution in [0.5, 0.6) is 0 Å². The van der Waals surface area contributed by atoms with E-state index in [1.807, 2.05) is 6.26 Å². The van der Waals surface area contributed by atoms with Gasteiger partial charge in [-0.15, -0.1) is 0 Å². The fourth-order valence-electron chi connectivity index (χ4n) is 1.60. The molecule has 7 nitrogen and oxygen atoms in total. The van der Waals surface area contributed by atoms with Crippen LogP contribution in [0.15, 0.2) is 0 Å². The zero-order valence-electron chi connectivity index (χ0n) is 11.0. The molecule has 0 spiro atoms. The number of thioether (sulfide) groups is 1. The number of hydrogen-bond donors (Lipinski definition) is 1. The topological polar surface area (TPSA) is 84.9 Å².